The van der Waals surface area contributed by atoms with Crippen molar-refractivity contribution in [2.45, 2.75) is 52.2 Å². The van der Waals surface area contributed by atoms with E-state index in [4.69, 9.17) is 4.74 Å². The van der Waals surface area contributed by atoms with Crippen molar-refractivity contribution in [2.24, 2.45) is 5.92 Å². The third-order valence-corrected chi connectivity index (χ3v) is 3.79. The Labute approximate surface area is 150 Å². The second-order valence-corrected chi connectivity index (χ2v) is 7.04. The SMILES string of the molecule is CC(C)CC[C@](C)(O)CNC(=O)[C@@H](C)NC(=O)COc1ccccc1. The van der Waals surface area contributed by atoms with E-state index < -0.39 is 11.6 Å². The van der Waals surface area contributed by atoms with E-state index in [1.165, 1.54) is 0 Å². The fraction of sp³-hybridized carbons (Fsp3) is 0.579. The number of rotatable bonds is 10. The number of hydrogen-bond donors (Lipinski definition) is 3. The molecule has 0 bridgehead atoms. The van der Waals surface area contributed by atoms with Crippen LogP contribution in [0.15, 0.2) is 30.3 Å². The Morgan fingerprint density at radius 2 is 1.84 bits per heavy atom. The maximum Gasteiger partial charge on any atom is 0.258 e. The van der Waals surface area contributed by atoms with Crippen LogP contribution in [0, 0.1) is 5.92 Å². The average molecular weight is 350 g/mol. The zero-order valence-electron chi connectivity index (χ0n) is 15.5. The van der Waals surface area contributed by atoms with Crippen molar-refractivity contribution >= 4 is 11.8 Å². The van der Waals surface area contributed by atoms with Crippen molar-refractivity contribution in [1.29, 1.82) is 0 Å². The number of nitrogens with one attached hydrogen (secondary N) is 2. The van der Waals surface area contributed by atoms with E-state index in [9.17, 15) is 14.7 Å². The molecule has 0 aliphatic rings. The highest BCUT2D eigenvalue weighted by atomic mass is 16.5. The van der Waals surface area contributed by atoms with Gasteiger partial charge in [0.1, 0.15) is 11.8 Å². The highest BCUT2D eigenvalue weighted by Gasteiger charge is 2.23. The second-order valence-electron chi connectivity index (χ2n) is 7.04. The average Bonchev–Trinajstić information content (AvgIpc) is 2.57. The van der Waals surface area contributed by atoms with Crippen LogP contribution in [0.1, 0.15) is 40.5 Å². The second kappa shape index (κ2) is 10.0. The molecule has 6 nitrogen and oxygen atoms in total. The summed E-state index contributed by atoms with van der Waals surface area (Å²) in [6, 6.07) is 8.29. The zero-order valence-corrected chi connectivity index (χ0v) is 15.5. The van der Waals surface area contributed by atoms with Crippen molar-refractivity contribution < 1.29 is 19.4 Å². The van der Waals surface area contributed by atoms with E-state index in [0.717, 1.165) is 6.42 Å². The normalized spacial score (nSPS) is 14.5. The van der Waals surface area contributed by atoms with E-state index in [1.54, 1.807) is 26.0 Å². The van der Waals surface area contributed by atoms with E-state index in [1.807, 2.05) is 18.2 Å². The third kappa shape index (κ3) is 9.10. The van der Waals surface area contributed by atoms with Crippen LogP contribution in [-0.4, -0.2) is 41.7 Å². The molecule has 0 aromatic heterocycles. The summed E-state index contributed by atoms with van der Waals surface area (Å²) in [6.07, 6.45) is 1.49. The summed E-state index contributed by atoms with van der Waals surface area (Å²) >= 11 is 0. The van der Waals surface area contributed by atoms with Gasteiger partial charge in [-0.25, -0.2) is 0 Å². The molecule has 2 atom stereocenters. The molecule has 0 spiro atoms. The van der Waals surface area contributed by atoms with Crippen LogP contribution in [0.4, 0.5) is 0 Å². The molecule has 0 heterocycles. The van der Waals surface area contributed by atoms with E-state index in [0.29, 0.717) is 18.1 Å². The molecule has 1 aromatic carbocycles. The molecule has 3 N–H and O–H groups in total. The van der Waals surface area contributed by atoms with Gasteiger partial charge in [0.25, 0.3) is 5.91 Å². The van der Waals surface area contributed by atoms with E-state index in [2.05, 4.69) is 24.5 Å². The molecule has 0 saturated carbocycles. The molecule has 0 radical (unpaired) electrons. The van der Waals surface area contributed by atoms with Crippen molar-refractivity contribution in [2.75, 3.05) is 13.2 Å². The summed E-state index contributed by atoms with van der Waals surface area (Å²) in [4.78, 5) is 23.9. The fourth-order valence-electron chi connectivity index (χ4n) is 2.13. The smallest absolute Gasteiger partial charge is 0.258 e. The molecular weight excluding hydrogens is 320 g/mol. The van der Waals surface area contributed by atoms with Crippen LogP contribution in [0.3, 0.4) is 0 Å². The molecule has 0 aliphatic carbocycles. The minimum Gasteiger partial charge on any atom is -0.484 e. The van der Waals surface area contributed by atoms with Gasteiger partial charge in [0.15, 0.2) is 6.61 Å². The van der Waals surface area contributed by atoms with Crippen LogP contribution in [-0.2, 0) is 9.59 Å². The Balaban J connectivity index is 2.32. The highest BCUT2D eigenvalue weighted by Crippen LogP contribution is 2.15. The minimum atomic E-state index is -0.958. The lowest BCUT2D eigenvalue weighted by Crippen LogP contribution is -2.49. The topological polar surface area (TPSA) is 87.7 Å². The van der Waals surface area contributed by atoms with Gasteiger partial charge in [-0.1, -0.05) is 32.0 Å². The molecule has 6 heteroatoms. The maximum atomic E-state index is 12.1. The van der Waals surface area contributed by atoms with Crippen molar-refractivity contribution in [3.63, 3.8) is 0 Å². The summed E-state index contributed by atoms with van der Waals surface area (Å²) in [7, 11) is 0. The number of amides is 2. The molecule has 25 heavy (non-hydrogen) atoms. The van der Waals surface area contributed by atoms with Gasteiger partial charge in [-0.05, 0) is 44.7 Å². The molecule has 140 valence electrons. The number of aliphatic hydroxyl groups is 1. The first-order valence-electron chi connectivity index (χ1n) is 8.67. The molecule has 0 saturated heterocycles. The van der Waals surface area contributed by atoms with Crippen LogP contribution in [0.2, 0.25) is 0 Å². The monoisotopic (exact) mass is 350 g/mol. The van der Waals surface area contributed by atoms with Gasteiger partial charge in [-0.15, -0.1) is 0 Å². The predicted octanol–water partition coefficient (Wildman–Crippen LogP) is 1.87. The number of para-hydroxylation sites is 1. The van der Waals surface area contributed by atoms with E-state index in [-0.39, 0.29) is 25.0 Å². The molecule has 2 amide bonds. The van der Waals surface area contributed by atoms with Crippen LogP contribution < -0.4 is 15.4 Å². The van der Waals surface area contributed by atoms with Gasteiger partial charge in [0.2, 0.25) is 5.91 Å². The van der Waals surface area contributed by atoms with Crippen molar-refractivity contribution in [3.8, 4) is 5.75 Å². The van der Waals surface area contributed by atoms with Gasteiger partial charge >= 0.3 is 0 Å². The first-order chi connectivity index (χ1) is 11.7. The molecule has 1 rings (SSSR count). The number of carbonyl (C=O) groups is 2. The Hall–Kier alpha value is -2.08. The maximum absolute atomic E-state index is 12.1. The molecule has 0 unspecified atom stereocenters. The third-order valence-electron chi connectivity index (χ3n) is 3.79. The Bertz CT molecular complexity index is 544. The lowest BCUT2D eigenvalue weighted by Gasteiger charge is -2.25. The number of benzene rings is 1. The van der Waals surface area contributed by atoms with Gasteiger partial charge in [0, 0.05) is 6.54 Å². The predicted molar refractivity (Wildman–Crippen MR) is 97.2 cm³/mol. The lowest BCUT2D eigenvalue weighted by atomic mass is 9.95. The summed E-state index contributed by atoms with van der Waals surface area (Å²) in [5.41, 5.74) is -0.958. The van der Waals surface area contributed by atoms with E-state index >= 15 is 0 Å². The molecule has 1 aromatic rings. The highest BCUT2D eigenvalue weighted by molar-refractivity contribution is 5.87. The first kappa shape index (κ1) is 21.0. The molecule has 0 aliphatic heterocycles. The molecule has 0 fully saturated rings. The largest absolute Gasteiger partial charge is 0.484 e. The summed E-state index contributed by atoms with van der Waals surface area (Å²) < 4.78 is 5.33. The summed E-state index contributed by atoms with van der Waals surface area (Å²) in [5, 5.41) is 15.5. The Morgan fingerprint density at radius 1 is 1.20 bits per heavy atom. The van der Waals surface area contributed by atoms with Crippen molar-refractivity contribution in [1.82, 2.24) is 10.6 Å². The number of carbonyl (C=O) groups excluding carboxylic acids is 2. The van der Waals surface area contributed by atoms with Gasteiger partial charge in [-0.2, -0.15) is 0 Å². The Kier molecular flexibility index (Phi) is 8.41. The fourth-order valence-corrected chi connectivity index (χ4v) is 2.13. The lowest BCUT2D eigenvalue weighted by molar-refractivity contribution is -0.130. The van der Waals surface area contributed by atoms with Gasteiger partial charge in [0.05, 0.1) is 5.60 Å². The molecular formula is C19H30N2O4. The first-order valence-corrected chi connectivity index (χ1v) is 8.67. The van der Waals surface area contributed by atoms with Gasteiger partial charge < -0.3 is 20.5 Å². The summed E-state index contributed by atoms with van der Waals surface area (Å²) in [6.45, 7) is 7.46. The van der Waals surface area contributed by atoms with Gasteiger partial charge in [-0.3, -0.25) is 9.59 Å². The summed E-state index contributed by atoms with van der Waals surface area (Å²) in [5.74, 6) is 0.372. The Morgan fingerprint density at radius 3 is 2.44 bits per heavy atom. The minimum absolute atomic E-state index is 0.152. The number of hydrogen-bond acceptors (Lipinski definition) is 4. The van der Waals surface area contributed by atoms with Crippen LogP contribution in [0.25, 0.3) is 0 Å². The number of ether oxygens (including phenoxy) is 1. The standard InChI is InChI=1S/C19H30N2O4/c1-14(2)10-11-19(4,24)13-20-18(23)15(3)21-17(22)12-25-16-8-6-5-7-9-16/h5-9,14-15,24H,10-13H2,1-4H3,(H,20,23)(H,21,22)/t15-,19+/m1/s1. The van der Waals surface area contributed by atoms with Crippen LogP contribution >= 0.6 is 0 Å². The van der Waals surface area contributed by atoms with Crippen molar-refractivity contribution in [3.05, 3.63) is 30.3 Å². The zero-order chi connectivity index (χ0) is 18.9. The quantitative estimate of drug-likeness (QED) is 0.601. The van der Waals surface area contributed by atoms with Crippen LogP contribution in [0.5, 0.6) is 5.75 Å².